The van der Waals surface area contributed by atoms with E-state index in [1.165, 1.54) is 0 Å². The van der Waals surface area contributed by atoms with Gasteiger partial charge in [0, 0.05) is 10.9 Å². The summed E-state index contributed by atoms with van der Waals surface area (Å²) in [6, 6.07) is 10.3. The number of fused-ring (bicyclic) bond motifs is 1. The van der Waals surface area contributed by atoms with Gasteiger partial charge in [0.2, 0.25) is 0 Å². The molecule has 0 spiro atoms. The molecule has 106 valence electrons. The molecule has 21 heavy (non-hydrogen) atoms. The number of H-pyrrole nitrogens is 1. The van der Waals surface area contributed by atoms with Crippen LogP contribution in [0.4, 0.5) is 0 Å². The summed E-state index contributed by atoms with van der Waals surface area (Å²) in [6.45, 7) is 2.06. The predicted octanol–water partition coefficient (Wildman–Crippen LogP) is 2.51. The van der Waals surface area contributed by atoms with E-state index in [4.69, 9.17) is 4.74 Å². The molecule has 6 heteroatoms. The van der Waals surface area contributed by atoms with Crippen molar-refractivity contribution in [3.63, 3.8) is 0 Å². The molecule has 2 aromatic heterocycles. The molecular formula is C15H13N3O3. The van der Waals surface area contributed by atoms with Crippen LogP contribution in [-0.4, -0.2) is 32.9 Å². The second kappa shape index (κ2) is 5.24. The Kier molecular flexibility index (Phi) is 3.27. The van der Waals surface area contributed by atoms with Crippen LogP contribution in [0.1, 0.15) is 17.4 Å². The number of hydrogen-bond acceptors (Lipinski definition) is 5. The van der Waals surface area contributed by atoms with Crippen LogP contribution in [-0.2, 0) is 4.74 Å². The fourth-order valence-corrected chi connectivity index (χ4v) is 2.07. The van der Waals surface area contributed by atoms with E-state index >= 15 is 0 Å². The van der Waals surface area contributed by atoms with Crippen molar-refractivity contribution in [3.05, 3.63) is 42.1 Å². The van der Waals surface area contributed by atoms with E-state index in [1.807, 2.05) is 6.07 Å². The SMILES string of the molecule is CCOC(=O)c1cc2cc(-c3ccccc3O)nnc2[nH]1. The Balaban J connectivity index is 2.05. The number of phenolic OH excluding ortho intramolecular Hbond substituents is 1. The fraction of sp³-hybridized carbons (Fsp3) is 0.133. The molecule has 3 aromatic rings. The maximum absolute atomic E-state index is 11.7. The zero-order valence-corrected chi connectivity index (χ0v) is 11.3. The van der Waals surface area contributed by atoms with E-state index in [1.54, 1.807) is 37.3 Å². The highest BCUT2D eigenvalue weighted by atomic mass is 16.5. The Labute approximate surface area is 120 Å². The lowest BCUT2D eigenvalue weighted by Crippen LogP contribution is -2.04. The first-order valence-corrected chi connectivity index (χ1v) is 6.51. The van der Waals surface area contributed by atoms with E-state index in [0.717, 1.165) is 5.39 Å². The Bertz CT molecular complexity index is 811. The lowest BCUT2D eigenvalue weighted by molar-refractivity contribution is 0.0520. The van der Waals surface area contributed by atoms with Crippen LogP contribution < -0.4 is 0 Å². The molecular weight excluding hydrogens is 270 g/mol. The van der Waals surface area contributed by atoms with Crippen LogP contribution in [0.15, 0.2) is 36.4 Å². The minimum absolute atomic E-state index is 0.132. The highest BCUT2D eigenvalue weighted by Crippen LogP contribution is 2.28. The first kappa shape index (κ1) is 13.1. The van der Waals surface area contributed by atoms with Crippen LogP contribution in [0.25, 0.3) is 22.3 Å². The van der Waals surface area contributed by atoms with Crippen molar-refractivity contribution in [3.8, 4) is 17.0 Å². The van der Waals surface area contributed by atoms with Crippen LogP contribution in [0.2, 0.25) is 0 Å². The molecule has 0 saturated heterocycles. The number of hydrogen-bond donors (Lipinski definition) is 2. The van der Waals surface area contributed by atoms with Crippen molar-refractivity contribution in [2.24, 2.45) is 0 Å². The maximum Gasteiger partial charge on any atom is 0.354 e. The minimum atomic E-state index is -0.431. The normalized spacial score (nSPS) is 10.7. The van der Waals surface area contributed by atoms with Crippen molar-refractivity contribution in [1.29, 1.82) is 0 Å². The molecule has 0 aliphatic rings. The monoisotopic (exact) mass is 283 g/mol. The number of aromatic hydroxyl groups is 1. The number of aromatic amines is 1. The van der Waals surface area contributed by atoms with E-state index in [2.05, 4.69) is 15.2 Å². The molecule has 0 aliphatic heterocycles. The Hall–Kier alpha value is -2.89. The summed E-state index contributed by atoms with van der Waals surface area (Å²) in [5.41, 5.74) is 1.95. The average Bonchev–Trinajstić information content (AvgIpc) is 2.91. The van der Waals surface area contributed by atoms with Gasteiger partial charge in [0.05, 0.1) is 12.3 Å². The number of carbonyl (C=O) groups is 1. The molecule has 3 rings (SSSR count). The maximum atomic E-state index is 11.7. The van der Waals surface area contributed by atoms with Crippen LogP contribution in [0, 0.1) is 0 Å². The number of rotatable bonds is 3. The summed E-state index contributed by atoms with van der Waals surface area (Å²) in [6.07, 6.45) is 0. The van der Waals surface area contributed by atoms with E-state index in [-0.39, 0.29) is 5.75 Å². The lowest BCUT2D eigenvalue weighted by atomic mass is 10.1. The van der Waals surface area contributed by atoms with Gasteiger partial charge in [-0.3, -0.25) is 0 Å². The highest BCUT2D eigenvalue weighted by Gasteiger charge is 2.13. The van der Waals surface area contributed by atoms with Gasteiger partial charge < -0.3 is 14.8 Å². The second-order valence-corrected chi connectivity index (χ2v) is 4.45. The number of nitrogens with zero attached hydrogens (tertiary/aromatic N) is 2. The van der Waals surface area contributed by atoms with Gasteiger partial charge >= 0.3 is 5.97 Å². The second-order valence-electron chi connectivity index (χ2n) is 4.45. The summed E-state index contributed by atoms with van der Waals surface area (Å²) in [5, 5.41) is 18.7. The summed E-state index contributed by atoms with van der Waals surface area (Å²) >= 11 is 0. The third-order valence-corrected chi connectivity index (χ3v) is 3.05. The number of nitrogens with one attached hydrogen (secondary N) is 1. The van der Waals surface area contributed by atoms with Crippen molar-refractivity contribution in [2.75, 3.05) is 6.61 Å². The number of benzene rings is 1. The van der Waals surface area contributed by atoms with Crippen molar-refractivity contribution < 1.29 is 14.6 Å². The van der Waals surface area contributed by atoms with Gasteiger partial charge in [0.1, 0.15) is 11.4 Å². The molecule has 0 bridgehead atoms. The zero-order chi connectivity index (χ0) is 14.8. The van der Waals surface area contributed by atoms with Crippen molar-refractivity contribution >= 4 is 17.0 Å². The van der Waals surface area contributed by atoms with Gasteiger partial charge in [-0.15, -0.1) is 10.2 Å². The van der Waals surface area contributed by atoms with Crippen LogP contribution in [0.3, 0.4) is 0 Å². The predicted molar refractivity (Wildman–Crippen MR) is 76.9 cm³/mol. The molecule has 0 atom stereocenters. The molecule has 2 heterocycles. The molecule has 0 saturated carbocycles. The first-order valence-electron chi connectivity index (χ1n) is 6.51. The molecule has 0 fully saturated rings. The smallest absolute Gasteiger partial charge is 0.354 e. The Morgan fingerprint density at radius 3 is 2.86 bits per heavy atom. The standard InChI is InChI=1S/C15H13N3O3/c1-2-21-15(20)12-8-9-7-11(17-18-14(9)16-12)10-5-3-4-6-13(10)19/h3-8,19H,2H2,1H3,(H,16,18). The third kappa shape index (κ3) is 2.43. The number of carbonyl (C=O) groups excluding carboxylic acids is 1. The van der Waals surface area contributed by atoms with Gasteiger partial charge in [-0.05, 0) is 31.2 Å². The summed E-state index contributed by atoms with van der Waals surface area (Å²) in [7, 11) is 0. The van der Waals surface area contributed by atoms with Crippen LogP contribution in [0.5, 0.6) is 5.75 Å². The van der Waals surface area contributed by atoms with Crippen molar-refractivity contribution in [2.45, 2.75) is 6.92 Å². The summed E-state index contributed by atoms with van der Waals surface area (Å²) in [5.74, 6) is -0.299. The first-order chi connectivity index (χ1) is 10.2. The molecule has 0 unspecified atom stereocenters. The largest absolute Gasteiger partial charge is 0.507 e. The quantitative estimate of drug-likeness (QED) is 0.721. The van der Waals surface area contributed by atoms with Gasteiger partial charge in [0.15, 0.2) is 5.65 Å². The van der Waals surface area contributed by atoms with E-state index in [9.17, 15) is 9.90 Å². The number of ether oxygens (including phenoxy) is 1. The van der Waals surface area contributed by atoms with Gasteiger partial charge in [-0.2, -0.15) is 0 Å². The lowest BCUT2D eigenvalue weighted by Gasteiger charge is -2.02. The molecule has 0 amide bonds. The van der Waals surface area contributed by atoms with Crippen LogP contribution >= 0.6 is 0 Å². The molecule has 1 aromatic carbocycles. The van der Waals surface area contributed by atoms with Gasteiger partial charge in [-0.1, -0.05) is 12.1 Å². The van der Waals surface area contributed by atoms with Gasteiger partial charge in [-0.25, -0.2) is 4.79 Å². The van der Waals surface area contributed by atoms with Gasteiger partial charge in [0.25, 0.3) is 0 Å². The minimum Gasteiger partial charge on any atom is -0.507 e. The highest BCUT2D eigenvalue weighted by molar-refractivity contribution is 5.94. The zero-order valence-electron chi connectivity index (χ0n) is 11.3. The fourth-order valence-electron chi connectivity index (χ4n) is 2.07. The van der Waals surface area contributed by atoms with E-state index < -0.39 is 5.97 Å². The number of para-hydroxylation sites is 1. The van der Waals surface area contributed by atoms with E-state index in [0.29, 0.717) is 29.2 Å². The molecule has 2 N–H and O–H groups in total. The number of phenols is 1. The summed E-state index contributed by atoms with van der Waals surface area (Å²) < 4.78 is 4.93. The average molecular weight is 283 g/mol. The Morgan fingerprint density at radius 2 is 2.10 bits per heavy atom. The molecule has 0 radical (unpaired) electrons. The summed E-state index contributed by atoms with van der Waals surface area (Å²) in [4.78, 5) is 14.5. The molecule has 6 nitrogen and oxygen atoms in total. The Morgan fingerprint density at radius 1 is 1.29 bits per heavy atom. The molecule has 0 aliphatic carbocycles. The topological polar surface area (TPSA) is 88.1 Å². The number of aromatic nitrogens is 3. The third-order valence-electron chi connectivity index (χ3n) is 3.05. The number of esters is 1. The van der Waals surface area contributed by atoms with Crippen molar-refractivity contribution in [1.82, 2.24) is 15.2 Å².